The van der Waals surface area contributed by atoms with E-state index in [-0.39, 0.29) is 11.4 Å². The van der Waals surface area contributed by atoms with E-state index in [0.29, 0.717) is 29.4 Å². The Balaban J connectivity index is 1.34. The summed E-state index contributed by atoms with van der Waals surface area (Å²) in [7, 11) is 0. The Labute approximate surface area is 257 Å². The van der Waals surface area contributed by atoms with Gasteiger partial charge in [-0.3, -0.25) is 0 Å². The molecule has 2 fully saturated rings. The summed E-state index contributed by atoms with van der Waals surface area (Å²) in [5.41, 5.74) is 8.83. The summed E-state index contributed by atoms with van der Waals surface area (Å²) < 4.78 is 86.6. The van der Waals surface area contributed by atoms with Crippen molar-refractivity contribution in [1.82, 2.24) is 0 Å². The van der Waals surface area contributed by atoms with Crippen LogP contribution in [-0.4, -0.2) is 0 Å². The van der Waals surface area contributed by atoms with Gasteiger partial charge in [0.15, 0.2) is 0 Å². The van der Waals surface area contributed by atoms with Crippen molar-refractivity contribution in [1.29, 1.82) is 0 Å². The van der Waals surface area contributed by atoms with Gasteiger partial charge in [-0.2, -0.15) is 0 Å². The molecule has 0 amide bonds. The molecule has 0 aliphatic heterocycles. The van der Waals surface area contributed by atoms with E-state index in [1.165, 1.54) is 65.7 Å². The molecule has 0 radical (unpaired) electrons. The van der Waals surface area contributed by atoms with Crippen LogP contribution in [0, 0.1) is 0 Å². The lowest BCUT2D eigenvalue weighted by atomic mass is 9.87. The van der Waals surface area contributed by atoms with Crippen LogP contribution >= 0.6 is 0 Å². The largest absolute Gasteiger partial charge is 0.310 e. The van der Waals surface area contributed by atoms with Gasteiger partial charge in [0.2, 0.25) is 0 Å². The van der Waals surface area contributed by atoms with Crippen LogP contribution in [0.5, 0.6) is 0 Å². The van der Waals surface area contributed by atoms with Gasteiger partial charge in [-0.05, 0) is 149 Å². The molecule has 9 rings (SSSR count). The molecule has 0 heterocycles. The number of nitrogens with zero attached hydrogens (tertiary/aromatic N) is 1. The lowest BCUT2D eigenvalue weighted by Crippen LogP contribution is -2.10. The molecule has 0 spiro atoms. The molecule has 4 atom stereocenters. The summed E-state index contributed by atoms with van der Waals surface area (Å²) in [6.45, 7) is 0. The second kappa shape index (κ2) is 9.21. The van der Waals surface area contributed by atoms with Crippen LogP contribution in [-0.2, 0) is 0 Å². The first-order valence-corrected chi connectivity index (χ1v) is 14.8. The van der Waals surface area contributed by atoms with Gasteiger partial charge in [-0.1, -0.05) is 72.7 Å². The predicted molar refractivity (Wildman–Crippen MR) is 171 cm³/mol. The molecule has 4 unspecified atom stereocenters. The highest BCUT2D eigenvalue weighted by atomic mass is 15.1. The van der Waals surface area contributed by atoms with Gasteiger partial charge in [0.25, 0.3) is 0 Å². The Morgan fingerprint density at radius 1 is 0.439 bits per heavy atom. The molecule has 4 aliphatic carbocycles. The molecule has 200 valence electrons. The molecule has 0 aromatic heterocycles. The molecular formula is C40H35N. The zero-order valence-corrected chi connectivity index (χ0v) is 22.7. The maximum absolute atomic E-state index is 8.99. The van der Waals surface area contributed by atoms with Crippen LogP contribution in [0.15, 0.2) is 115 Å². The zero-order chi connectivity index (χ0) is 35.6. The fourth-order valence-electron chi connectivity index (χ4n) is 8.21. The lowest BCUT2D eigenvalue weighted by molar-refractivity contribution is 0.718. The van der Waals surface area contributed by atoms with Crippen molar-refractivity contribution in [2.75, 3.05) is 4.90 Å². The van der Waals surface area contributed by atoms with Crippen molar-refractivity contribution in [3.05, 3.63) is 137 Å². The molecule has 1 heteroatoms. The number of anilines is 3. The van der Waals surface area contributed by atoms with Crippen LogP contribution in [0.25, 0.3) is 22.3 Å². The Hall–Kier alpha value is -4.10. The van der Waals surface area contributed by atoms with Crippen molar-refractivity contribution >= 4 is 17.1 Å². The molecule has 1 nitrogen and oxygen atoms in total. The maximum Gasteiger partial charge on any atom is 0.0645 e. The zero-order valence-electron chi connectivity index (χ0n) is 32.7. The normalized spacial score (nSPS) is 26.4. The van der Waals surface area contributed by atoms with Gasteiger partial charge >= 0.3 is 0 Å². The molecular weight excluding hydrogens is 494 g/mol. The summed E-state index contributed by atoms with van der Waals surface area (Å²) in [6.07, 6.45) is 7.09. The lowest BCUT2D eigenvalue weighted by Gasteiger charge is -2.27. The standard InChI is InChI=1S/C40H35N/c1-3-7-34(8-4-1)41(35-9-5-2-6-10-35)36-22-32(26-15-17-37-28-11-13-30(19-28)39(37)24-26)21-33(23-36)27-16-18-38-29-12-14-31(20-29)40(38)25-27/h1-10,15-18,21-25,28-31H,11-14,19-20H2/i1D,2D,3D,4D,5D,6D,7D,8D,9D,10D. The molecule has 4 aliphatic rings. The number of hydrogen-bond acceptors (Lipinski definition) is 1. The van der Waals surface area contributed by atoms with E-state index in [9.17, 15) is 0 Å². The van der Waals surface area contributed by atoms with Gasteiger partial charge in [0.1, 0.15) is 0 Å². The van der Waals surface area contributed by atoms with Crippen LogP contribution in [0.1, 0.15) is 98.2 Å². The monoisotopic (exact) mass is 539 g/mol. The molecule has 41 heavy (non-hydrogen) atoms. The molecule has 4 bridgehead atoms. The van der Waals surface area contributed by atoms with Crippen LogP contribution in [0.3, 0.4) is 0 Å². The van der Waals surface area contributed by atoms with Crippen LogP contribution in [0.2, 0.25) is 0 Å². The first kappa shape index (κ1) is 15.8. The second-order valence-electron chi connectivity index (χ2n) is 12.2. The quantitative estimate of drug-likeness (QED) is 0.215. The minimum Gasteiger partial charge on any atom is -0.310 e. The van der Waals surface area contributed by atoms with E-state index >= 15 is 0 Å². The van der Waals surface area contributed by atoms with Crippen molar-refractivity contribution in [2.24, 2.45) is 0 Å². The van der Waals surface area contributed by atoms with Crippen molar-refractivity contribution in [2.45, 2.75) is 62.2 Å². The third-order valence-corrected chi connectivity index (χ3v) is 10.1. The van der Waals surface area contributed by atoms with Gasteiger partial charge in [0.05, 0.1) is 13.7 Å². The Bertz CT molecular complexity index is 2120. The summed E-state index contributed by atoms with van der Waals surface area (Å²) >= 11 is 0. The highest BCUT2D eigenvalue weighted by Crippen LogP contribution is 2.55. The van der Waals surface area contributed by atoms with E-state index < -0.39 is 60.4 Å². The van der Waals surface area contributed by atoms with Gasteiger partial charge in [-0.15, -0.1) is 0 Å². The minimum atomic E-state index is -0.581. The van der Waals surface area contributed by atoms with E-state index in [1.807, 2.05) is 12.1 Å². The van der Waals surface area contributed by atoms with E-state index in [1.54, 1.807) is 0 Å². The number of benzene rings is 5. The molecule has 5 aromatic rings. The highest BCUT2D eigenvalue weighted by Gasteiger charge is 2.37. The fourth-order valence-corrected chi connectivity index (χ4v) is 8.21. The second-order valence-corrected chi connectivity index (χ2v) is 12.2. The Kier molecular flexibility index (Phi) is 3.54. The van der Waals surface area contributed by atoms with Gasteiger partial charge < -0.3 is 4.90 Å². The van der Waals surface area contributed by atoms with Crippen molar-refractivity contribution in [3.8, 4) is 22.3 Å². The predicted octanol–water partition coefficient (Wildman–Crippen LogP) is 11.2. The van der Waals surface area contributed by atoms with Crippen LogP contribution < -0.4 is 4.90 Å². The molecule has 5 aromatic carbocycles. The minimum absolute atomic E-state index is 0.292. The Morgan fingerprint density at radius 3 is 1.34 bits per heavy atom. The number of hydrogen-bond donors (Lipinski definition) is 0. The molecule has 0 N–H and O–H groups in total. The molecule has 0 saturated heterocycles. The average Bonchev–Trinajstić information content (AvgIpc) is 3.97. The number of para-hydroxylation sites is 2. The van der Waals surface area contributed by atoms with Crippen molar-refractivity contribution in [3.63, 3.8) is 0 Å². The third-order valence-electron chi connectivity index (χ3n) is 10.1. The first-order valence-electron chi connectivity index (χ1n) is 19.8. The van der Waals surface area contributed by atoms with Gasteiger partial charge in [-0.25, -0.2) is 0 Å². The van der Waals surface area contributed by atoms with E-state index in [2.05, 4.69) is 42.5 Å². The van der Waals surface area contributed by atoms with E-state index in [4.69, 9.17) is 13.7 Å². The number of fused-ring (bicyclic) bond motifs is 10. The summed E-state index contributed by atoms with van der Waals surface area (Å²) in [6, 6.07) is 13.3. The number of rotatable bonds is 5. The first-order chi connectivity index (χ1) is 24.4. The smallest absolute Gasteiger partial charge is 0.0645 e. The average molecular weight is 540 g/mol. The maximum atomic E-state index is 8.99. The topological polar surface area (TPSA) is 3.24 Å². The summed E-state index contributed by atoms with van der Waals surface area (Å²) in [4.78, 5) is 1.28. The highest BCUT2D eigenvalue weighted by molar-refractivity contribution is 5.85. The summed E-state index contributed by atoms with van der Waals surface area (Å²) in [5, 5.41) is 0. The SMILES string of the molecule is [2H]c1c([2H])c([2H])c(N(c2cc(-c3ccc4c(c3)C3CCC4C3)cc(-c3ccc4c(c3)C3CCC4C3)c2)c2c([2H])c([2H])c([2H])c([2H])c2[2H])c([2H])c1[2H]. The summed E-state index contributed by atoms with van der Waals surface area (Å²) in [5.74, 6) is 2.22. The Morgan fingerprint density at radius 2 is 0.878 bits per heavy atom. The van der Waals surface area contributed by atoms with Gasteiger partial charge in [0, 0.05) is 17.1 Å². The van der Waals surface area contributed by atoms with Crippen molar-refractivity contribution < 1.29 is 13.7 Å². The van der Waals surface area contributed by atoms with Crippen LogP contribution in [0.4, 0.5) is 17.1 Å². The third kappa shape index (κ3) is 3.82. The fraction of sp³-hybridized carbons (Fsp3) is 0.250. The molecule has 2 saturated carbocycles. The van der Waals surface area contributed by atoms with E-state index in [0.717, 1.165) is 22.3 Å².